The van der Waals surface area contributed by atoms with Crippen molar-refractivity contribution in [3.05, 3.63) is 76.8 Å². The van der Waals surface area contributed by atoms with E-state index in [1.165, 1.54) is 6.08 Å². The van der Waals surface area contributed by atoms with E-state index in [4.69, 9.17) is 16.3 Å². The molecule has 2 aromatic rings. The minimum absolute atomic E-state index is 0.0631. The molecule has 2 nitrogen and oxygen atoms in total. The molecular weight excluding hydrogens is 284 g/mol. The van der Waals surface area contributed by atoms with Gasteiger partial charge in [0.25, 0.3) is 0 Å². The van der Waals surface area contributed by atoms with Crippen molar-refractivity contribution in [2.24, 2.45) is 0 Å². The molecule has 0 aliphatic carbocycles. The van der Waals surface area contributed by atoms with E-state index in [0.29, 0.717) is 5.02 Å². The van der Waals surface area contributed by atoms with E-state index in [-0.39, 0.29) is 6.61 Å². The van der Waals surface area contributed by atoms with Crippen molar-refractivity contribution in [1.29, 1.82) is 0 Å². The van der Waals surface area contributed by atoms with Gasteiger partial charge in [0.05, 0.1) is 0 Å². The standard InChI is InChI=1S/C18H13ClO2/c19-17-10-4-8-16(14-17)11-12-18(20)21-13-5-9-15-6-2-1-3-7-15/h1-4,6-8,10-12,14H,13H2. The molecule has 2 aromatic carbocycles. The van der Waals surface area contributed by atoms with E-state index in [2.05, 4.69) is 11.8 Å². The highest BCUT2D eigenvalue weighted by atomic mass is 35.5. The quantitative estimate of drug-likeness (QED) is 0.487. The topological polar surface area (TPSA) is 26.3 Å². The van der Waals surface area contributed by atoms with E-state index >= 15 is 0 Å². The Bertz CT molecular complexity index is 694. The third-order valence-corrected chi connectivity index (χ3v) is 2.79. The summed E-state index contributed by atoms with van der Waals surface area (Å²) in [6.45, 7) is 0.0631. The van der Waals surface area contributed by atoms with Crippen LogP contribution in [0.1, 0.15) is 11.1 Å². The zero-order valence-electron chi connectivity index (χ0n) is 11.3. The number of halogens is 1. The van der Waals surface area contributed by atoms with E-state index in [1.54, 1.807) is 18.2 Å². The van der Waals surface area contributed by atoms with Gasteiger partial charge in [-0.3, -0.25) is 0 Å². The number of carbonyl (C=O) groups excluding carboxylic acids is 1. The van der Waals surface area contributed by atoms with Gasteiger partial charge >= 0.3 is 5.97 Å². The second kappa shape index (κ2) is 7.94. The first kappa shape index (κ1) is 14.9. The van der Waals surface area contributed by atoms with Crippen molar-refractivity contribution in [1.82, 2.24) is 0 Å². The Morgan fingerprint density at radius 2 is 1.95 bits per heavy atom. The summed E-state index contributed by atoms with van der Waals surface area (Å²) in [6.07, 6.45) is 3.01. The molecule has 104 valence electrons. The molecule has 3 heteroatoms. The number of benzene rings is 2. The zero-order chi connectivity index (χ0) is 14.9. The molecule has 0 amide bonds. The third kappa shape index (κ3) is 5.56. The van der Waals surface area contributed by atoms with Gasteiger partial charge in [-0.15, -0.1) is 0 Å². The lowest BCUT2D eigenvalue weighted by atomic mass is 10.2. The Balaban J connectivity index is 1.82. The maximum absolute atomic E-state index is 11.5. The van der Waals surface area contributed by atoms with Gasteiger partial charge in [0.2, 0.25) is 0 Å². The molecule has 0 aromatic heterocycles. The monoisotopic (exact) mass is 296 g/mol. The number of ether oxygens (including phenoxy) is 1. The summed E-state index contributed by atoms with van der Waals surface area (Å²) in [6, 6.07) is 16.7. The average Bonchev–Trinajstić information content (AvgIpc) is 2.51. The first-order chi connectivity index (χ1) is 10.2. The molecule has 0 aliphatic rings. The van der Waals surface area contributed by atoms with Gasteiger partial charge < -0.3 is 4.74 Å². The molecule has 0 spiro atoms. The summed E-state index contributed by atoms with van der Waals surface area (Å²) in [5.74, 6) is 5.27. The lowest BCUT2D eigenvalue weighted by Gasteiger charge is -1.96. The second-order valence-corrected chi connectivity index (χ2v) is 4.60. The van der Waals surface area contributed by atoms with Gasteiger partial charge in [-0.05, 0) is 35.9 Å². The summed E-state index contributed by atoms with van der Waals surface area (Å²) >= 11 is 5.85. The minimum Gasteiger partial charge on any atom is -0.449 e. The molecular formula is C18H13ClO2. The first-order valence-corrected chi connectivity index (χ1v) is 6.76. The number of rotatable bonds is 3. The predicted molar refractivity (Wildman–Crippen MR) is 84.8 cm³/mol. The maximum atomic E-state index is 11.5. The van der Waals surface area contributed by atoms with Gasteiger partial charge in [-0.1, -0.05) is 53.8 Å². The first-order valence-electron chi connectivity index (χ1n) is 6.38. The van der Waals surface area contributed by atoms with Crippen LogP contribution >= 0.6 is 11.6 Å². The summed E-state index contributed by atoms with van der Waals surface area (Å²) in [5, 5.41) is 0.624. The van der Waals surface area contributed by atoms with Gasteiger partial charge in [-0.25, -0.2) is 4.79 Å². The molecule has 0 saturated heterocycles. The number of esters is 1. The summed E-state index contributed by atoms with van der Waals surface area (Å²) in [5.41, 5.74) is 1.73. The van der Waals surface area contributed by atoms with Crippen LogP contribution in [0.2, 0.25) is 5.02 Å². The van der Waals surface area contributed by atoms with Crippen LogP contribution < -0.4 is 0 Å². The van der Waals surface area contributed by atoms with Crippen LogP contribution in [0.3, 0.4) is 0 Å². The molecule has 0 atom stereocenters. The number of carbonyl (C=O) groups is 1. The Morgan fingerprint density at radius 3 is 2.71 bits per heavy atom. The van der Waals surface area contributed by atoms with E-state index < -0.39 is 5.97 Å². The van der Waals surface area contributed by atoms with Gasteiger partial charge in [0.15, 0.2) is 6.61 Å². The fraction of sp³-hybridized carbons (Fsp3) is 0.0556. The predicted octanol–water partition coefficient (Wildman–Crippen LogP) is 3.95. The highest BCUT2D eigenvalue weighted by molar-refractivity contribution is 6.30. The fourth-order valence-electron chi connectivity index (χ4n) is 1.59. The van der Waals surface area contributed by atoms with Crippen LogP contribution in [-0.4, -0.2) is 12.6 Å². The molecule has 0 heterocycles. The Labute approximate surface area is 129 Å². The normalized spacial score (nSPS) is 9.95. The highest BCUT2D eigenvalue weighted by Gasteiger charge is 1.95. The van der Waals surface area contributed by atoms with Gasteiger partial charge in [0, 0.05) is 16.7 Å². The molecule has 0 saturated carbocycles. The Kier molecular flexibility index (Phi) is 5.63. The largest absolute Gasteiger partial charge is 0.449 e. The summed E-state index contributed by atoms with van der Waals surface area (Å²) in [7, 11) is 0. The van der Waals surface area contributed by atoms with Crippen molar-refractivity contribution in [2.45, 2.75) is 0 Å². The Hall–Kier alpha value is -2.50. The zero-order valence-corrected chi connectivity index (χ0v) is 12.0. The van der Waals surface area contributed by atoms with Crippen molar-refractivity contribution >= 4 is 23.6 Å². The fourth-order valence-corrected chi connectivity index (χ4v) is 1.79. The summed E-state index contributed by atoms with van der Waals surface area (Å²) < 4.78 is 4.98. The Morgan fingerprint density at radius 1 is 1.14 bits per heavy atom. The van der Waals surface area contributed by atoms with E-state index in [0.717, 1.165) is 11.1 Å². The molecule has 0 unspecified atom stereocenters. The average molecular weight is 297 g/mol. The highest BCUT2D eigenvalue weighted by Crippen LogP contribution is 2.11. The van der Waals surface area contributed by atoms with Crippen molar-refractivity contribution in [2.75, 3.05) is 6.61 Å². The lowest BCUT2D eigenvalue weighted by Crippen LogP contribution is -2.00. The van der Waals surface area contributed by atoms with Crippen LogP contribution in [0.5, 0.6) is 0 Å². The van der Waals surface area contributed by atoms with Crippen LogP contribution in [0.25, 0.3) is 6.08 Å². The van der Waals surface area contributed by atoms with Gasteiger partial charge in [-0.2, -0.15) is 0 Å². The van der Waals surface area contributed by atoms with Crippen LogP contribution in [0, 0.1) is 11.8 Å². The van der Waals surface area contributed by atoms with Crippen LogP contribution in [0.4, 0.5) is 0 Å². The lowest BCUT2D eigenvalue weighted by molar-refractivity contribution is -0.136. The number of hydrogen-bond donors (Lipinski definition) is 0. The van der Waals surface area contributed by atoms with Crippen LogP contribution in [0.15, 0.2) is 60.7 Å². The minimum atomic E-state index is -0.433. The SMILES string of the molecule is O=C(C=Cc1cccc(Cl)c1)OCC#Cc1ccccc1. The van der Waals surface area contributed by atoms with E-state index in [1.807, 2.05) is 42.5 Å². The van der Waals surface area contributed by atoms with Gasteiger partial charge in [0.1, 0.15) is 0 Å². The number of hydrogen-bond acceptors (Lipinski definition) is 2. The van der Waals surface area contributed by atoms with Crippen molar-refractivity contribution in [3.8, 4) is 11.8 Å². The smallest absolute Gasteiger partial charge is 0.331 e. The molecule has 0 bridgehead atoms. The molecule has 0 radical (unpaired) electrons. The van der Waals surface area contributed by atoms with Crippen LogP contribution in [-0.2, 0) is 9.53 Å². The molecule has 0 fully saturated rings. The third-order valence-electron chi connectivity index (χ3n) is 2.55. The molecule has 21 heavy (non-hydrogen) atoms. The molecule has 2 rings (SSSR count). The van der Waals surface area contributed by atoms with E-state index in [9.17, 15) is 4.79 Å². The molecule has 0 aliphatic heterocycles. The van der Waals surface area contributed by atoms with Crippen molar-refractivity contribution < 1.29 is 9.53 Å². The second-order valence-electron chi connectivity index (χ2n) is 4.16. The maximum Gasteiger partial charge on any atom is 0.331 e. The van der Waals surface area contributed by atoms with Crippen molar-refractivity contribution in [3.63, 3.8) is 0 Å². The molecule has 0 N–H and O–H groups in total. The summed E-state index contributed by atoms with van der Waals surface area (Å²) in [4.78, 5) is 11.5.